The van der Waals surface area contributed by atoms with Gasteiger partial charge in [0.05, 0.1) is 18.9 Å². The molecule has 4 rings (SSSR count). The summed E-state index contributed by atoms with van der Waals surface area (Å²) in [6.07, 6.45) is 1.96. The van der Waals surface area contributed by atoms with E-state index in [4.69, 9.17) is 4.74 Å². The Bertz CT molecular complexity index is 923. The number of carbonyl (C=O) groups is 1. The van der Waals surface area contributed by atoms with Crippen molar-refractivity contribution in [3.63, 3.8) is 0 Å². The van der Waals surface area contributed by atoms with E-state index in [1.165, 1.54) is 5.69 Å². The Morgan fingerprint density at radius 2 is 1.96 bits per heavy atom. The van der Waals surface area contributed by atoms with E-state index in [9.17, 15) is 4.79 Å². The van der Waals surface area contributed by atoms with Gasteiger partial charge in [0.2, 0.25) is 0 Å². The van der Waals surface area contributed by atoms with E-state index in [1.54, 1.807) is 11.3 Å². The predicted molar refractivity (Wildman–Crippen MR) is 103 cm³/mol. The van der Waals surface area contributed by atoms with E-state index in [0.717, 1.165) is 47.4 Å². The lowest BCUT2D eigenvalue weighted by Crippen LogP contribution is -2.36. The first-order valence-electron chi connectivity index (χ1n) is 8.77. The molecule has 0 spiro atoms. The highest BCUT2D eigenvalue weighted by atomic mass is 32.1. The average Bonchev–Trinajstić information content (AvgIpc) is 3.15. The largest absolute Gasteiger partial charge is 0.378 e. The number of ether oxygens (including phenoxy) is 1. The van der Waals surface area contributed by atoms with Crippen molar-refractivity contribution in [2.24, 2.45) is 0 Å². The molecule has 1 aliphatic rings. The monoisotopic (exact) mass is 370 g/mol. The molecule has 0 aliphatic carbocycles. The van der Waals surface area contributed by atoms with Gasteiger partial charge in [-0.15, -0.1) is 11.3 Å². The van der Waals surface area contributed by atoms with Crippen LogP contribution in [0.3, 0.4) is 0 Å². The standard InChI is InChI=1S/C19H22N4O2S/c1-13-12-23-17(14(2)21-19(23)26-13)18(24)20-11-15-3-5-16(6-4-15)22-7-9-25-10-8-22/h3-6,12H,7-11H2,1-2H3,(H,20,24). The van der Waals surface area contributed by atoms with Gasteiger partial charge in [-0.05, 0) is 31.5 Å². The summed E-state index contributed by atoms with van der Waals surface area (Å²) in [5, 5.41) is 3.01. The van der Waals surface area contributed by atoms with Crippen LogP contribution in [0.15, 0.2) is 30.5 Å². The van der Waals surface area contributed by atoms with Gasteiger partial charge < -0.3 is 15.0 Å². The second-order valence-corrected chi connectivity index (χ2v) is 7.70. The fourth-order valence-corrected chi connectivity index (χ4v) is 4.12. The van der Waals surface area contributed by atoms with Crippen molar-refractivity contribution in [3.05, 3.63) is 52.3 Å². The molecule has 1 aliphatic heterocycles. The third-order valence-corrected chi connectivity index (χ3v) is 5.49. The summed E-state index contributed by atoms with van der Waals surface area (Å²) < 4.78 is 7.27. The third-order valence-electron chi connectivity index (χ3n) is 4.60. The van der Waals surface area contributed by atoms with Crippen molar-refractivity contribution < 1.29 is 9.53 Å². The van der Waals surface area contributed by atoms with Gasteiger partial charge in [-0.3, -0.25) is 9.20 Å². The van der Waals surface area contributed by atoms with Crippen LogP contribution < -0.4 is 10.2 Å². The summed E-state index contributed by atoms with van der Waals surface area (Å²) in [5.74, 6) is -0.0925. The molecule has 3 aromatic rings. The van der Waals surface area contributed by atoms with E-state index in [-0.39, 0.29) is 5.91 Å². The number of aryl methyl sites for hydroxylation is 2. The van der Waals surface area contributed by atoms with Crippen molar-refractivity contribution in [2.75, 3.05) is 31.2 Å². The number of hydrogen-bond acceptors (Lipinski definition) is 5. The van der Waals surface area contributed by atoms with Gasteiger partial charge in [0.15, 0.2) is 4.96 Å². The summed E-state index contributed by atoms with van der Waals surface area (Å²) in [6.45, 7) is 7.79. The molecular formula is C19H22N4O2S. The van der Waals surface area contributed by atoms with E-state index in [1.807, 2.05) is 24.4 Å². The Morgan fingerprint density at radius 3 is 2.69 bits per heavy atom. The van der Waals surface area contributed by atoms with Crippen LogP contribution in [-0.4, -0.2) is 41.6 Å². The molecule has 2 aromatic heterocycles. The Hall–Kier alpha value is -2.38. The Morgan fingerprint density at radius 1 is 1.23 bits per heavy atom. The topological polar surface area (TPSA) is 58.9 Å². The highest BCUT2D eigenvalue weighted by molar-refractivity contribution is 7.17. The smallest absolute Gasteiger partial charge is 0.270 e. The number of thiazole rings is 1. The van der Waals surface area contributed by atoms with Crippen LogP contribution in [0.2, 0.25) is 0 Å². The zero-order valence-corrected chi connectivity index (χ0v) is 15.8. The number of carbonyl (C=O) groups excluding carboxylic acids is 1. The third kappa shape index (κ3) is 3.32. The van der Waals surface area contributed by atoms with Crippen LogP contribution in [0.5, 0.6) is 0 Å². The number of anilines is 1. The van der Waals surface area contributed by atoms with Crippen LogP contribution >= 0.6 is 11.3 Å². The molecule has 1 fully saturated rings. The molecule has 1 saturated heterocycles. The molecule has 0 saturated carbocycles. The van der Waals surface area contributed by atoms with Gasteiger partial charge in [-0.2, -0.15) is 0 Å². The molecule has 0 atom stereocenters. The average molecular weight is 370 g/mol. The molecule has 0 unspecified atom stereocenters. The molecule has 26 heavy (non-hydrogen) atoms. The Balaban J connectivity index is 1.43. The second-order valence-electron chi connectivity index (χ2n) is 6.49. The van der Waals surface area contributed by atoms with Gasteiger partial charge in [0, 0.05) is 36.4 Å². The summed E-state index contributed by atoms with van der Waals surface area (Å²) in [7, 11) is 0. The summed E-state index contributed by atoms with van der Waals surface area (Å²) >= 11 is 1.59. The number of rotatable bonds is 4. The van der Waals surface area contributed by atoms with Crippen molar-refractivity contribution in [2.45, 2.75) is 20.4 Å². The molecule has 3 heterocycles. The molecule has 1 N–H and O–H groups in total. The quantitative estimate of drug-likeness (QED) is 0.767. The molecule has 1 amide bonds. The zero-order valence-electron chi connectivity index (χ0n) is 15.0. The minimum Gasteiger partial charge on any atom is -0.378 e. The normalized spacial score (nSPS) is 14.8. The number of nitrogens with one attached hydrogen (secondary N) is 1. The number of imidazole rings is 1. The Labute approximate surface area is 156 Å². The van der Waals surface area contributed by atoms with Crippen LogP contribution in [-0.2, 0) is 11.3 Å². The molecule has 7 heteroatoms. The van der Waals surface area contributed by atoms with E-state index in [0.29, 0.717) is 12.2 Å². The number of amides is 1. The lowest BCUT2D eigenvalue weighted by Gasteiger charge is -2.28. The van der Waals surface area contributed by atoms with Gasteiger partial charge in [-0.25, -0.2) is 4.98 Å². The number of hydrogen-bond donors (Lipinski definition) is 1. The van der Waals surface area contributed by atoms with Crippen molar-refractivity contribution >= 4 is 27.9 Å². The first-order valence-corrected chi connectivity index (χ1v) is 9.58. The van der Waals surface area contributed by atoms with Gasteiger partial charge in [-0.1, -0.05) is 12.1 Å². The predicted octanol–water partition coefficient (Wildman–Crippen LogP) is 2.78. The zero-order chi connectivity index (χ0) is 18.1. The molecule has 1 aromatic carbocycles. The maximum Gasteiger partial charge on any atom is 0.270 e. The summed E-state index contributed by atoms with van der Waals surface area (Å²) in [6, 6.07) is 8.35. The number of nitrogens with zero attached hydrogens (tertiary/aromatic N) is 3. The van der Waals surface area contributed by atoms with Crippen LogP contribution in [0.4, 0.5) is 5.69 Å². The molecule has 6 nitrogen and oxygen atoms in total. The van der Waals surface area contributed by atoms with Crippen molar-refractivity contribution in [3.8, 4) is 0 Å². The number of fused-ring (bicyclic) bond motifs is 1. The van der Waals surface area contributed by atoms with Crippen molar-refractivity contribution in [1.82, 2.24) is 14.7 Å². The number of morpholine rings is 1. The van der Waals surface area contributed by atoms with Crippen LogP contribution in [0, 0.1) is 13.8 Å². The number of aromatic nitrogens is 2. The molecule has 0 bridgehead atoms. The first-order chi connectivity index (χ1) is 12.6. The first kappa shape index (κ1) is 17.1. The fourth-order valence-electron chi connectivity index (χ4n) is 3.25. The second kappa shape index (κ2) is 7.09. The van der Waals surface area contributed by atoms with Gasteiger partial charge >= 0.3 is 0 Å². The lowest BCUT2D eigenvalue weighted by molar-refractivity contribution is 0.0944. The summed E-state index contributed by atoms with van der Waals surface area (Å²) in [5.41, 5.74) is 3.66. The van der Waals surface area contributed by atoms with Crippen LogP contribution in [0.1, 0.15) is 26.6 Å². The maximum absolute atomic E-state index is 12.6. The minimum absolute atomic E-state index is 0.0925. The highest BCUT2D eigenvalue weighted by Crippen LogP contribution is 2.21. The van der Waals surface area contributed by atoms with E-state index in [2.05, 4.69) is 39.5 Å². The lowest BCUT2D eigenvalue weighted by atomic mass is 10.2. The molecule has 136 valence electrons. The molecule has 0 radical (unpaired) electrons. The summed E-state index contributed by atoms with van der Waals surface area (Å²) in [4.78, 5) is 21.4. The van der Waals surface area contributed by atoms with Gasteiger partial charge in [0.1, 0.15) is 5.69 Å². The number of benzene rings is 1. The van der Waals surface area contributed by atoms with Crippen molar-refractivity contribution in [1.29, 1.82) is 0 Å². The minimum atomic E-state index is -0.0925. The highest BCUT2D eigenvalue weighted by Gasteiger charge is 2.18. The van der Waals surface area contributed by atoms with Gasteiger partial charge in [0.25, 0.3) is 5.91 Å². The maximum atomic E-state index is 12.6. The SMILES string of the molecule is Cc1cn2c(C(=O)NCc3ccc(N4CCOCC4)cc3)c(C)nc2s1. The van der Waals surface area contributed by atoms with E-state index < -0.39 is 0 Å². The van der Waals surface area contributed by atoms with Crippen LogP contribution in [0.25, 0.3) is 4.96 Å². The fraction of sp³-hybridized carbons (Fsp3) is 0.368. The molecular weight excluding hydrogens is 348 g/mol. The van der Waals surface area contributed by atoms with E-state index >= 15 is 0 Å². The Kier molecular flexibility index (Phi) is 4.65.